The van der Waals surface area contributed by atoms with E-state index in [1.807, 2.05) is 12.1 Å². The van der Waals surface area contributed by atoms with Crippen LogP contribution < -0.4 is 9.45 Å². The third-order valence-corrected chi connectivity index (χ3v) is 6.20. The van der Waals surface area contributed by atoms with Gasteiger partial charge in [0.05, 0.1) is 16.0 Å². The molecular formula is C23H23F2N4O2S+. The van der Waals surface area contributed by atoms with Gasteiger partial charge in [0.25, 0.3) is 11.9 Å². The lowest BCUT2D eigenvalue weighted by Gasteiger charge is -2.19. The summed E-state index contributed by atoms with van der Waals surface area (Å²) in [5, 5.41) is 14.7. The number of hydrogen-bond donors (Lipinski definition) is 2. The van der Waals surface area contributed by atoms with Gasteiger partial charge in [0, 0.05) is 22.9 Å². The number of nitrogens with one attached hydrogen (secondary N) is 1. The summed E-state index contributed by atoms with van der Waals surface area (Å²) in [7, 11) is -1.70. The van der Waals surface area contributed by atoms with Crippen molar-refractivity contribution in [1.29, 1.82) is 0 Å². The Morgan fingerprint density at radius 3 is 2.47 bits per heavy atom. The Hall–Kier alpha value is -3.33. The number of aromatic nitrogens is 3. The number of benzene rings is 2. The van der Waals surface area contributed by atoms with E-state index >= 15 is 0 Å². The minimum Gasteiger partial charge on any atom is -0.285 e. The van der Waals surface area contributed by atoms with Crippen molar-refractivity contribution in [2.24, 2.45) is 0 Å². The number of anilines is 1. The molecular weight excluding hydrogens is 434 g/mol. The van der Waals surface area contributed by atoms with Crippen LogP contribution in [0.5, 0.6) is 0 Å². The number of halogens is 2. The highest BCUT2D eigenvalue weighted by molar-refractivity contribution is 7.86. The van der Waals surface area contributed by atoms with Gasteiger partial charge in [-0.3, -0.25) is 9.93 Å². The fourth-order valence-electron chi connectivity index (χ4n) is 3.39. The standard InChI is InChI=1S/C23H23F2N4O2S/c1-23(2,3)15-9-11-16(12-10-15)32(31)27-21-14-18(22(24)25)26-29(21)20-8-4-7-19-17(20)6-5-13-28(19)30/h4-14,22,27,30H,1-3H3/q+1. The molecule has 4 aromatic rings. The molecule has 4 rings (SSSR count). The zero-order valence-electron chi connectivity index (χ0n) is 17.8. The maximum atomic E-state index is 13.4. The average molecular weight is 458 g/mol. The van der Waals surface area contributed by atoms with Crippen LogP contribution in [0.15, 0.2) is 71.8 Å². The lowest BCUT2D eigenvalue weighted by molar-refractivity contribution is -0.884. The van der Waals surface area contributed by atoms with E-state index in [0.29, 0.717) is 21.5 Å². The number of hydrogen-bond acceptors (Lipinski definition) is 3. The average Bonchev–Trinajstić information content (AvgIpc) is 3.17. The number of nitrogens with zero attached hydrogens (tertiary/aromatic N) is 3. The summed E-state index contributed by atoms with van der Waals surface area (Å²) in [4.78, 5) is 0.510. The van der Waals surface area contributed by atoms with Gasteiger partial charge in [-0.1, -0.05) is 39.0 Å². The fraction of sp³-hybridized carbons (Fsp3) is 0.217. The number of fused-ring (bicyclic) bond motifs is 1. The van der Waals surface area contributed by atoms with Gasteiger partial charge in [-0.05, 0) is 35.2 Å². The first-order chi connectivity index (χ1) is 15.1. The monoisotopic (exact) mass is 457 g/mol. The first kappa shape index (κ1) is 21.9. The van der Waals surface area contributed by atoms with E-state index < -0.39 is 23.1 Å². The highest BCUT2D eigenvalue weighted by atomic mass is 32.2. The van der Waals surface area contributed by atoms with Crippen LogP contribution in [0.1, 0.15) is 38.5 Å². The van der Waals surface area contributed by atoms with Gasteiger partial charge < -0.3 is 0 Å². The summed E-state index contributed by atoms with van der Waals surface area (Å²) in [5.41, 5.74) is 1.54. The van der Waals surface area contributed by atoms with Crippen LogP contribution in [0.25, 0.3) is 16.6 Å². The maximum Gasteiger partial charge on any atom is 0.282 e. The van der Waals surface area contributed by atoms with Gasteiger partial charge in [0.1, 0.15) is 11.5 Å². The van der Waals surface area contributed by atoms with E-state index in [9.17, 15) is 18.2 Å². The predicted molar refractivity (Wildman–Crippen MR) is 119 cm³/mol. The minimum atomic E-state index is -2.80. The quantitative estimate of drug-likeness (QED) is 0.330. The van der Waals surface area contributed by atoms with Gasteiger partial charge in [-0.15, -0.1) is 0 Å². The third kappa shape index (κ3) is 4.20. The highest BCUT2D eigenvalue weighted by Crippen LogP contribution is 2.29. The zero-order chi connectivity index (χ0) is 23.0. The molecule has 0 aliphatic heterocycles. The Kier molecular flexibility index (Phi) is 5.68. The first-order valence-electron chi connectivity index (χ1n) is 9.95. The SMILES string of the molecule is CC(C)(C)c1ccc(S(=O)Nc2cc(C(F)F)nn2-c2cccc3c2ccc[n+]3O)cc1. The Labute approximate surface area is 186 Å². The van der Waals surface area contributed by atoms with Crippen molar-refractivity contribution in [2.75, 3.05) is 4.72 Å². The van der Waals surface area contributed by atoms with Gasteiger partial charge in [-0.2, -0.15) is 5.10 Å². The zero-order valence-corrected chi connectivity index (χ0v) is 18.6. The van der Waals surface area contributed by atoms with Crippen LogP contribution in [-0.2, 0) is 16.4 Å². The summed E-state index contributed by atoms with van der Waals surface area (Å²) in [5.74, 6) is 0.152. The molecule has 0 radical (unpaired) electrons. The summed E-state index contributed by atoms with van der Waals surface area (Å²) in [6, 6.07) is 16.9. The van der Waals surface area contributed by atoms with E-state index in [4.69, 9.17) is 0 Å². The third-order valence-electron chi connectivity index (χ3n) is 5.11. The lowest BCUT2D eigenvalue weighted by atomic mass is 9.87. The van der Waals surface area contributed by atoms with Crippen molar-refractivity contribution in [3.05, 3.63) is 78.1 Å². The molecule has 166 valence electrons. The van der Waals surface area contributed by atoms with Crippen molar-refractivity contribution in [3.8, 4) is 5.69 Å². The Balaban J connectivity index is 1.75. The number of rotatable bonds is 5. The molecule has 9 heteroatoms. The summed E-state index contributed by atoms with van der Waals surface area (Å²) < 4.78 is 44.9. The topological polar surface area (TPSA) is 71.0 Å². The minimum absolute atomic E-state index is 0.0455. The van der Waals surface area contributed by atoms with E-state index in [0.717, 1.165) is 10.3 Å². The second-order valence-electron chi connectivity index (χ2n) is 8.37. The van der Waals surface area contributed by atoms with E-state index in [-0.39, 0.29) is 11.2 Å². The van der Waals surface area contributed by atoms with Crippen LogP contribution in [0, 0.1) is 0 Å². The van der Waals surface area contributed by atoms with Crippen molar-refractivity contribution < 1.29 is 22.9 Å². The van der Waals surface area contributed by atoms with Crippen molar-refractivity contribution in [2.45, 2.75) is 37.5 Å². The Bertz CT molecular complexity index is 1300. The van der Waals surface area contributed by atoms with Gasteiger partial charge in [0.15, 0.2) is 11.0 Å². The summed E-state index contributed by atoms with van der Waals surface area (Å²) >= 11 is 0. The van der Waals surface area contributed by atoms with Crippen molar-refractivity contribution in [1.82, 2.24) is 9.78 Å². The molecule has 0 amide bonds. The molecule has 0 bridgehead atoms. The lowest BCUT2D eigenvalue weighted by Crippen LogP contribution is -2.30. The summed E-state index contributed by atoms with van der Waals surface area (Å²) in [6.45, 7) is 6.26. The highest BCUT2D eigenvalue weighted by Gasteiger charge is 2.21. The van der Waals surface area contributed by atoms with Crippen molar-refractivity contribution >= 4 is 27.7 Å². The number of pyridine rings is 1. The first-order valence-corrected chi connectivity index (χ1v) is 11.1. The summed E-state index contributed by atoms with van der Waals surface area (Å²) in [6.07, 6.45) is -1.33. The Morgan fingerprint density at radius 2 is 1.81 bits per heavy atom. The van der Waals surface area contributed by atoms with E-state index in [2.05, 4.69) is 30.6 Å². The molecule has 32 heavy (non-hydrogen) atoms. The molecule has 0 aliphatic carbocycles. The maximum absolute atomic E-state index is 13.4. The normalized spacial score (nSPS) is 12.9. The Morgan fingerprint density at radius 1 is 1.09 bits per heavy atom. The number of alkyl halides is 2. The van der Waals surface area contributed by atoms with Crippen LogP contribution in [0.4, 0.5) is 14.6 Å². The van der Waals surface area contributed by atoms with Crippen LogP contribution in [0.2, 0.25) is 0 Å². The molecule has 0 saturated carbocycles. The largest absolute Gasteiger partial charge is 0.285 e. The van der Waals surface area contributed by atoms with Crippen LogP contribution in [-0.4, -0.2) is 19.2 Å². The molecule has 0 spiro atoms. The molecule has 2 N–H and O–H groups in total. The smallest absolute Gasteiger partial charge is 0.282 e. The van der Waals surface area contributed by atoms with Crippen molar-refractivity contribution in [3.63, 3.8) is 0 Å². The van der Waals surface area contributed by atoms with Crippen LogP contribution in [0.3, 0.4) is 0 Å². The van der Waals surface area contributed by atoms with E-state index in [1.54, 1.807) is 42.5 Å². The molecule has 0 aliphatic rings. The molecule has 6 nitrogen and oxygen atoms in total. The fourth-order valence-corrected chi connectivity index (χ4v) is 4.23. The molecule has 2 aromatic heterocycles. The molecule has 0 saturated heterocycles. The predicted octanol–water partition coefficient (Wildman–Crippen LogP) is 4.92. The van der Waals surface area contributed by atoms with Gasteiger partial charge >= 0.3 is 0 Å². The van der Waals surface area contributed by atoms with Gasteiger partial charge in [0.2, 0.25) is 6.20 Å². The molecule has 0 fully saturated rings. The molecule has 1 atom stereocenters. The molecule has 2 aromatic carbocycles. The second kappa shape index (κ2) is 8.31. The second-order valence-corrected chi connectivity index (χ2v) is 9.59. The molecule has 1 unspecified atom stereocenters. The van der Waals surface area contributed by atoms with Gasteiger partial charge in [-0.25, -0.2) is 17.7 Å². The van der Waals surface area contributed by atoms with Crippen LogP contribution >= 0.6 is 0 Å². The van der Waals surface area contributed by atoms with E-state index in [1.165, 1.54) is 16.9 Å². The molecule has 2 heterocycles.